The van der Waals surface area contributed by atoms with E-state index >= 15 is 0 Å². The smallest absolute Gasteiger partial charge is 0.313 e. The quantitative estimate of drug-likeness (QED) is 0.607. The Labute approximate surface area is 184 Å². The summed E-state index contributed by atoms with van der Waals surface area (Å²) in [5.41, 5.74) is 0.895. The summed E-state index contributed by atoms with van der Waals surface area (Å²) in [5.74, 6) is 0.207. The van der Waals surface area contributed by atoms with Crippen LogP contribution >= 0.6 is 0 Å². The number of nitrogens with one attached hydrogen (secondary N) is 2. The third kappa shape index (κ3) is 3.93. The first-order valence-corrected chi connectivity index (χ1v) is 10.9. The molecule has 2 aliphatic rings. The fourth-order valence-corrected chi connectivity index (χ4v) is 4.38. The number of hydrogen-bond acceptors (Lipinski definition) is 6. The molecule has 2 aromatic heterocycles. The summed E-state index contributed by atoms with van der Waals surface area (Å²) >= 11 is 0. The number of fused-ring (bicyclic) bond motifs is 2. The number of carbonyl (C=O) groups excluding carboxylic acids is 2. The number of carbonyl (C=O) groups is 2. The number of amides is 2. The molecule has 1 aromatic carbocycles. The summed E-state index contributed by atoms with van der Waals surface area (Å²) in [7, 11) is 0. The first-order chi connectivity index (χ1) is 15.6. The van der Waals surface area contributed by atoms with Crippen molar-refractivity contribution in [1.29, 1.82) is 0 Å². The van der Waals surface area contributed by atoms with Crippen molar-refractivity contribution in [3.05, 3.63) is 58.8 Å². The van der Waals surface area contributed by atoms with E-state index in [-0.39, 0.29) is 11.6 Å². The Morgan fingerprint density at radius 1 is 1.06 bits per heavy atom. The van der Waals surface area contributed by atoms with Gasteiger partial charge in [-0.2, -0.15) is 0 Å². The van der Waals surface area contributed by atoms with E-state index in [1.165, 1.54) is 0 Å². The van der Waals surface area contributed by atoms with Crippen LogP contribution in [-0.4, -0.2) is 45.5 Å². The lowest BCUT2D eigenvalue weighted by molar-refractivity contribution is -0.136. The van der Waals surface area contributed by atoms with Crippen LogP contribution < -0.4 is 21.1 Å². The molecule has 0 radical (unpaired) electrons. The Hall–Kier alpha value is -3.75. The van der Waals surface area contributed by atoms with Crippen LogP contribution in [0.25, 0.3) is 10.9 Å². The van der Waals surface area contributed by atoms with Crippen LogP contribution in [0, 0.1) is 0 Å². The van der Waals surface area contributed by atoms with Crippen LogP contribution in [0.2, 0.25) is 0 Å². The molecule has 0 spiro atoms. The predicted molar refractivity (Wildman–Crippen MR) is 121 cm³/mol. The molecule has 2 amide bonds. The van der Waals surface area contributed by atoms with Gasteiger partial charge < -0.3 is 15.5 Å². The van der Waals surface area contributed by atoms with Gasteiger partial charge in [0.25, 0.3) is 5.56 Å². The number of aryl methyl sites for hydroxylation is 1. The first kappa shape index (κ1) is 20.2. The van der Waals surface area contributed by atoms with Crippen molar-refractivity contribution in [2.24, 2.45) is 0 Å². The van der Waals surface area contributed by atoms with Gasteiger partial charge in [0.2, 0.25) is 0 Å². The minimum absolute atomic E-state index is 0.106. The predicted octanol–water partition coefficient (Wildman–Crippen LogP) is 1.46. The Balaban J connectivity index is 1.25. The molecular weight excluding hydrogens is 408 g/mol. The summed E-state index contributed by atoms with van der Waals surface area (Å²) in [6, 6.07) is 10.5. The van der Waals surface area contributed by atoms with Crippen molar-refractivity contribution in [2.75, 3.05) is 23.3 Å². The lowest BCUT2D eigenvalue weighted by atomic mass is 10.1. The maximum Gasteiger partial charge on any atom is 0.313 e. The van der Waals surface area contributed by atoms with Gasteiger partial charge in [-0.15, -0.1) is 0 Å². The summed E-state index contributed by atoms with van der Waals surface area (Å²) in [5, 5.41) is 5.84. The highest BCUT2D eigenvalue weighted by Gasteiger charge is 2.27. The molecule has 1 saturated heterocycles. The van der Waals surface area contributed by atoms with E-state index in [1.807, 2.05) is 18.2 Å². The summed E-state index contributed by atoms with van der Waals surface area (Å²) < 4.78 is 1.71. The van der Waals surface area contributed by atoms with Crippen molar-refractivity contribution in [2.45, 2.75) is 38.3 Å². The molecule has 32 heavy (non-hydrogen) atoms. The molecule has 1 atom stereocenters. The van der Waals surface area contributed by atoms with Crippen LogP contribution in [0.15, 0.2) is 47.4 Å². The molecule has 2 N–H and O–H groups in total. The molecule has 0 bridgehead atoms. The molecule has 0 saturated carbocycles. The lowest BCUT2D eigenvalue weighted by Crippen LogP contribution is -2.43. The molecule has 9 heteroatoms. The third-order valence-electron chi connectivity index (χ3n) is 6.03. The van der Waals surface area contributed by atoms with Gasteiger partial charge in [-0.3, -0.25) is 19.0 Å². The molecular formula is C23H24N6O3. The van der Waals surface area contributed by atoms with Crippen LogP contribution in [0.5, 0.6) is 0 Å². The number of benzene rings is 1. The van der Waals surface area contributed by atoms with Gasteiger partial charge in [0.15, 0.2) is 0 Å². The Kier molecular flexibility index (Phi) is 5.30. The van der Waals surface area contributed by atoms with Gasteiger partial charge in [0, 0.05) is 44.0 Å². The number of pyridine rings is 1. The van der Waals surface area contributed by atoms with Crippen LogP contribution in [0.3, 0.4) is 0 Å². The zero-order chi connectivity index (χ0) is 22.1. The van der Waals surface area contributed by atoms with Crippen LogP contribution in [0.4, 0.5) is 11.5 Å². The van der Waals surface area contributed by atoms with Gasteiger partial charge in [-0.05, 0) is 49.6 Å². The normalized spacial score (nSPS) is 17.8. The number of aromatic nitrogens is 3. The standard InChI is InChI=1S/C23H24N6O3/c30-21(22(31)26-16-9-12-28(14-16)19-5-1-3-10-24-19)25-15-7-8-18-17(13-15)23(32)29-11-4-2-6-20(29)27-18/h1,3,5,7-8,10,13,16H,2,4,6,9,11-12,14H2,(H,25,30)(H,26,31). The lowest BCUT2D eigenvalue weighted by Gasteiger charge is -2.18. The Morgan fingerprint density at radius 3 is 2.81 bits per heavy atom. The summed E-state index contributed by atoms with van der Waals surface area (Å²) in [6.45, 7) is 2.02. The van der Waals surface area contributed by atoms with Gasteiger partial charge in [0.05, 0.1) is 10.9 Å². The van der Waals surface area contributed by atoms with Gasteiger partial charge in [-0.25, -0.2) is 9.97 Å². The highest BCUT2D eigenvalue weighted by Crippen LogP contribution is 2.19. The van der Waals surface area contributed by atoms with E-state index in [1.54, 1.807) is 29.0 Å². The summed E-state index contributed by atoms with van der Waals surface area (Å²) in [6.07, 6.45) is 5.24. The molecule has 5 rings (SSSR count). The second-order valence-corrected chi connectivity index (χ2v) is 8.22. The average Bonchev–Trinajstić information content (AvgIpc) is 3.29. The van der Waals surface area contributed by atoms with E-state index in [9.17, 15) is 14.4 Å². The molecule has 9 nitrogen and oxygen atoms in total. The van der Waals surface area contributed by atoms with E-state index in [0.29, 0.717) is 29.7 Å². The SMILES string of the molecule is O=C(Nc1ccc2nc3n(c(=O)c2c1)CCCC3)C(=O)NC1CCN(c2ccccn2)C1. The molecule has 0 aliphatic carbocycles. The topological polar surface area (TPSA) is 109 Å². The molecule has 164 valence electrons. The average molecular weight is 432 g/mol. The Bertz CT molecular complexity index is 1240. The number of rotatable bonds is 3. The van der Waals surface area contributed by atoms with E-state index in [2.05, 4.69) is 25.5 Å². The Morgan fingerprint density at radius 2 is 1.97 bits per heavy atom. The van der Waals surface area contributed by atoms with Gasteiger partial charge in [0.1, 0.15) is 11.6 Å². The highest BCUT2D eigenvalue weighted by atomic mass is 16.2. The zero-order valence-electron chi connectivity index (χ0n) is 17.6. The van der Waals surface area contributed by atoms with Gasteiger partial charge >= 0.3 is 11.8 Å². The second-order valence-electron chi connectivity index (χ2n) is 8.22. The molecule has 1 fully saturated rings. The molecule has 2 aliphatic heterocycles. The molecule has 4 heterocycles. The minimum atomic E-state index is -0.758. The van der Waals surface area contributed by atoms with Gasteiger partial charge in [-0.1, -0.05) is 6.07 Å². The minimum Gasteiger partial charge on any atom is -0.354 e. The van der Waals surface area contributed by atoms with E-state index in [0.717, 1.165) is 43.9 Å². The monoisotopic (exact) mass is 432 g/mol. The molecule has 3 aromatic rings. The maximum absolute atomic E-state index is 12.8. The van der Waals surface area contributed by atoms with Crippen LogP contribution in [0.1, 0.15) is 25.1 Å². The highest BCUT2D eigenvalue weighted by molar-refractivity contribution is 6.39. The summed E-state index contributed by atoms with van der Waals surface area (Å²) in [4.78, 5) is 48.7. The van der Waals surface area contributed by atoms with Crippen molar-refractivity contribution in [1.82, 2.24) is 19.9 Å². The van der Waals surface area contributed by atoms with E-state index in [4.69, 9.17) is 0 Å². The third-order valence-corrected chi connectivity index (χ3v) is 6.03. The van der Waals surface area contributed by atoms with Crippen molar-refractivity contribution in [3.63, 3.8) is 0 Å². The van der Waals surface area contributed by atoms with Crippen molar-refractivity contribution in [3.8, 4) is 0 Å². The zero-order valence-corrected chi connectivity index (χ0v) is 17.6. The number of anilines is 2. The first-order valence-electron chi connectivity index (χ1n) is 10.9. The number of nitrogens with zero attached hydrogens (tertiary/aromatic N) is 4. The van der Waals surface area contributed by atoms with Crippen molar-refractivity contribution >= 4 is 34.2 Å². The maximum atomic E-state index is 12.8. The van der Waals surface area contributed by atoms with Crippen LogP contribution in [-0.2, 0) is 22.6 Å². The second kappa shape index (κ2) is 8.41. The van der Waals surface area contributed by atoms with E-state index < -0.39 is 11.8 Å². The van der Waals surface area contributed by atoms with Crippen molar-refractivity contribution < 1.29 is 9.59 Å². The fourth-order valence-electron chi connectivity index (χ4n) is 4.38. The fraction of sp³-hybridized carbons (Fsp3) is 0.348. The molecule has 1 unspecified atom stereocenters. The number of hydrogen-bond donors (Lipinski definition) is 2. The largest absolute Gasteiger partial charge is 0.354 e.